The van der Waals surface area contributed by atoms with E-state index in [1.165, 1.54) is 24.7 Å². The molecule has 2 amide bonds. The standard InChI is InChI=1S/C21H35N7O13P2S/c1-21(2,16(32)19(33)24-4-3-12(29)23-5-6-44)8-39-43(36,37)41-42(34,35)38-7-11-14(30)15(31)20(40-11)28-10-27-13-17(22)25-9-26-18(13)28/h9-11,14-16,20,30-32,44H,3-8H2,1-2H3,(H,23,29)(H,24,33)(H,34,35)(H,36,37)(H2,22,25,26). The molecule has 3 heterocycles. The van der Waals surface area contributed by atoms with E-state index in [4.69, 9.17) is 19.5 Å². The number of imidazole rings is 1. The SMILES string of the molecule is CC(C)(COP(=O)(O)OP(=O)(O)OCC1OC(n2cnc3c(N)ncnc32)C(O)C1O)C(O)C(=O)NCCC(=O)NCCS. The number of amides is 2. The number of nitrogens with one attached hydrogen (secondary N) is 2. The van der Waals surface area contributed by atoms with Crippen molar-refractivity contribution in [2.75, 3.05) is 37.8 Å². The Labute approximate surface area is 255 Å². The molecule has 0 radical (unpaired) electrons. The molecule has 248 valence electrons. The highest BCUT2D eigenvalue weighted by Crippen LogP contribution is 2.61. The summed E-state index contributed by atoms with van der Waals surface area (Å²) in [5.74, 6) is -0.760. The van der Waals surface area contributed by atoms with Crippen molar-refractivity contribution in [3.63, 3.8) is 0 Å². The van der Waals surface area contributed by atoms with Crippen LogP contribution in [0.2, 0.25) is 0 Å². The monoisotopic (exact) mass is 687 g/mol. The van der Waals surface area contributed by atoms with Crippen LogP contribution < -0.4 is 16.4 Å². The maximum Gasteiger partial charge on any atom is 0.481 e. The predicted octanol–water partition coefficient (Wildman–Crippen LogP) is -1.78. The summed E-state index contributed by atoms with van der Waals surface area (Å²) in [4.78, 5) is 55.7. The number of phosphoric acid groups is 2. The first kappa shape index (κ1) is 36.2. The lowest BCUT2D eigenvalue weighted by atomic mass is 9.87. The Balaban J connectivity index is 1.50. The molecule has 2 aromatic rings. The minimum absolute atomic E-state index is 0.0540. The third kappa shape index (κ3) is 9.38. The molecule has 1 aliphatic heterocycles. The van der Waals surface area contributed by atoms with E-state index >= 15 is 0 Å². The number of thiol groups is 1. The first-order valence-corrected chi connectivity index (χ1v) is 16.5. The lowest BCUT2D eigenvalue weighted by Crippen LogP contribution is -2.46. The van der Waals surface area contributed by atoms with Crippen molar-refractivity contribution in [1.29, 1.82) is 0 Å². The smallest absolute Gasteiger partial charge is 0.387 e. The number of aliphatic hydroxyl groups is 3. The molecule has 0 bridgehead atoms. The van der Waals surface area contributed by atoms with Gasteiger partial charge in [-0.1, -0.05) is 13.8 Å². The molecule has 1 aliphatic rings. The minimum atomic E-state index is -5.35. The number of nitrogens with zero attached hydrogens (tertiary/aromatic N) is 4. The first-order chi connectivity index (χ1) is 20.5. The van der Waals surface area contributed by atoms with Crippen LogP contribution in [0.25, 0.3) is 11.2 Å². The average molecular weight is 688 g/mol. The van der Waals surface area contributed by atoms with Gasteiger partial charge in [-0.2, -0.15) is 16.9 Å². The molecule has 7 unspecified atom stereocenters. The Bertz CT molecular complexity index is 1420. The number of aliphatic hydroxyl groups excluding tert-OH is 3. The number of phosphoric ester groups is 2. The Hall–Kier alpha value is -2.26. The molecule has 1 fully saturated rings. The highest BCUT2D eigenvalue weighted by Gasteiger charge is 2.46. The summed E-state index contributed by atoms with van der Waals surface area (Å²) in [5.41, 5.74) is 4.60. The van der Waals surface area contributed by atoms with Crippen molar-refractivity contribution in [2.24, 2.45) is 5.41 Å². The molecule has 1 saturated heterocycles. The second kappa shape index (κ2) is 14.9. The number of hydrogen-bond acceptors (Lipinski definition) is 16. The molecule has 44 heavy (non-hydrogen) atoms. The fourth-order valence-electron chi connectivity index (χ4n) is 3.86. The minimum Gasteiger partial charge on any atom is -0.387 e. The van der Waals surface area contributed by atoms with Gasteiger partial charge in [-0.3, -0.25) is 23.2 Å². The number of rotatable bonds is 16. The van der Waals surface area contributed by atoms with Gasteiger partial charge < -0.3 is 46.2 Å². The summed E-state index contributed by atoms with van der Waals surface area (Å²) in [7, 11) is -10.7. The average Bonchev–Trinajstić information content (AvgIpc) is 3.50. The van der Waals surface area contributed by atoms with Gasteiger partial charge in [-0.05, 0) is 0 Å². The summed E-state index contributed by atoms with van der Waals surface area (Å²) in [5, 5.41) is 36.2. The number of carbonyl (C=O) groups excluding carboxylic acids is 2. The molecule has 9 N–H and O–H groups in total. The van der Waals surface area contributed by atoms with Crippen LogP contribution >= 0.6 is 28.3 Å². The number of nitrogen functional groups attached to an aromatic ring is 1. The van der Waals surface area contributed by atoms with E-state index in [1.54, 1.807) is 0 Å². The third-order valence-corrected chi connectivity index (χ3v) is 9.09. The quantitative estimate of drug-likeness (QED) is 0.0696. The van der Waals surface area contributed by atoms with E-state index in [-0.39, 0.29) is 35.9 Å². The molecule has 0 aromatic carbocycles. The lowest BCUT2D eigenvalue weighted by molar-refractivity contribution is -0.137. The molecule has 0 aliphatic carbocycles. The molecule has 3 rings (SSSR count). The fraction of sp³-hybridized carbons (Fsp3) is 0.667. The molecular weight excluding hydrogens is 652 g/mol. The maximum atomic E-state index is 12.4. The van der Waals surface area contributed by atoms with Crippen LogP contribution in [0.15, 0.2) is 12.7 Å². The van der Waals surface area contributed by atoms with Crippen molar-refractivity contribution < 1.29 is 61.9 Å². The number of nitrogens with two attached hydrogens (primary N) is 1. The van der Waals surface area contributed by atoms with Crippen LogP contribution in [0.4, 0.5) is 5.82 Å². The molecule has 0 saturated carbocycles. The number of ether oxygens (including phenoxy) is 1. The molecule has 2 aromatic heterocycles. The number of carbonyl (C=O) groups is 2. The summed E-state index contributed by atoms with van der Waals surface area (Å²) in [6, 6.07) is 0. The second-order valence-corrected chi connectivity index (χ2v) is 13.7. The van der Waals surface area contributed by atoms with Gasteiger partial charge in [-0.15, -0.1) is 0 Å². The lowest BCUT2D eigenvalue weighted by Gasteiger charge is -2.30. The van der Waals surface area contributed by atoms with Crippen molar-refractivity contribution in [3.05, 3.63) is 12.7 Å². The Morgan fingerprint density at radius 1 is 1.14 bits per heavy atom. The molecular formula is C21H35N7O13P2S. The van der Waals surface area contributed by atoms with E-state index in [0.29, 0.717) is 12.3 Å². The van der Waals surface area contributed by atoms with Gasteiger partial charge >= 0.3 is 15.6 Å². The van der Waals surface area contributed by atoms with Crippen LogP contribution in [0.3, 0.4) is 0 Å². The van der Waals surface area contributed by atoms with Gasteiger partial charge in [0, 0.05) is 30.7 Å². The van der Waals surface area contributed by atoms with Crippen molar-refractivity contribution in [1.82, 2.24) is 30.2 Å². The van der Waals surface area contributed by atoms with E-state index < -0.39 is 70.8 Å². The van der Waals surface area contributed by atoms with E-state index in [1.807, 2.05) is 0 Å². The summed E-state index contributed by atoms with van der Waals surface area (Å²) in [6.07, 6.45) is -5.39. The predicted molar refractivity (Wildman–Crippen MR) is 153 cm³/mol. The van der Waals surface area contributed by atoms with Crippen LogP contribution in [-0.4, -0.2) is 113 Å². The van der Waals surface area contributed by atoms with E-state index in [2.05, 4.69) is 42.5 Å². The van der Waals surface area contributed by atoms with Crippen LogP contribution in [0.1, 0.15) is 26.5 Å². The fourth-order valence-corrected chi connectivity index (χ4v) is 6.22. The van der Waals surface area contributed by atoms with Crippen LogP contribution in [-0.2, 0) is 36.8 Å². The largest absolute Gasteiger partial charge is 0.481 e. The molecule has 7 atom stereocenters. The Morgan fingerprint density at radius 3 is 2.50 bits per heavy atom. The zero-order chi connectivity index (χ0) is 32.9. The Kier molecular flexibility index (Phi) is 12.3. The van der Waals surface area contributed by atoms with Gasteiger partial charge in [0.2, 0.25) is 11.8 Å². The van der Waals surface area contributed by atoms with Crippen LogP contribution in [0.5, 0.6) is 0 Å². The van der Waals surface area contributed by atoms with Gasteiger partial charge in [-0.25, -0.2) is 24.1 Å². The van der Waals surface area contributed by atoms with Crippen molar-refractivity contribution >= 4 is 57.1 Å². The topological polar surface area (TPSA) is 300 Å². The zero-order valence-electron chi connectivity index (χ0n) is 23.5. The molecule has 20 nitrogen and oxygen atoms in total. The van der Waals surface area contributed by atoms with Crippen molar-refractivity contribution in [2.45, 2.75) is 50.9 Å². The normalized spacial score (nSPS) is 24.0. The number of anilines is 1. The summed E-state index contributed by atoms with van der Waals surface area (Å²) >= 11 is 3.96. The van der Waals surface area contributed by atoms with Crippen molar-refractivity contribution in [3.8, 4) is 0 Å². The summed E-state index contributed by atoms with van der Waals surface area (Å²) in [6.45, 7) is 1.16. The second-order valence-electron chi connectivity index (χ2n) is 10.2. The third-order valence-electron chi connectivity index (χ3n) is 6.28. The first-order valence-electron chi connectivity index (χ1n) is 12.9. The Morgan fingerprint density at radius 2 is 1.82 bits per heavy atom. The van der Waals surface area contributed by atoms with Gasteiger partial charge in [0.25, 0.3) is 0 Å². The maximum absolute atomic E-state index is 12.4. The van der Waals surface area contributed by atoms with E-state index in [9.17, 15) is 43.8 Å². The molecule has 0 spiro atoms. The summed E-state index contributed by atoms with van der Waals surface area (Å²) < 4.78 is 45.3. The number of hydrogen-bond donors (Lipinski definition) is 9. The highest BCUT2D eigenvalue weighted by molar-refractivity contribution is 7.80. The van der Waals surface area contributed by atoms with E-state index in [0.717, 1.165) is 6.33 Å². The van der Waals surface area contributed by atoms with Gasteiger partial charge in [0.1, 0.15) is 36.3 Å². The van der Waals surface area contributed by atoms with Gasteiger partial charge in [0.05, 0.1) is 19.5 Å². The molecule has 23 heteroatoms. The zero-order valence-corrected chi connectivity index (χ0v) is 26.2. The van der Waals surface area contributed by atoms with Gasteiger partial charge in [0.15, 0.2) is 17.7 Å². The number of fused-ring (bicyclic) bond motifs is 1. The van der Waals surface area contributed by atoms with Crippen LogP contribution in [0, 0.1) is 5.41 Å². The highest BCUT2D eigenvalue weighted by atomic mass is 32.1. The number of aromatic nitrogens is 4.